The van der Waals surface area contributed by atoms with Crippen molar-refractivity contribution in [2.24, 2.45) is 0 Å². The number of carbonyl (C=O) groups excluding carboxylic acids is 4. The maximum atomic E-state index is 13.5. The van der Waals surface area contributed by atoms with Gasteiger partial charge < -0.3 is 19.7 Å². The Kier molecular flexibility index (Phi) is 11.7. The number of esters is 2. The van der Waals surface area contributed by atoms with Crippen molar-refractivity contribution >= 4 is 40.8 Å². The highest BCUT2D eigenvalue weighted by Crippen LogP contribution is 2.32. The summed E-state index contributed by atoms with van der Waals surface area (Å²) in [6.45, 7) is 0.171. The summed E-state index contributed by atoms with van der Waals surface area (Å²) in [5.41, 5.74) is 2.74. The van der Waals surface area contributed by atoms with Crippen LogP contribution in [0.25, 0.3) is 11.1 Å². The Labute approximate surface area is 296 Å². The number of nitrogens with zero attached hydrogens (tertiary/aromatic N) is 1. The molecule has 2 amide bonds. The van der Waals surface area contributed by atoms with E-state index >= 15 is 0 Å². The van der Waals surface area contributed by atoms with E-state index in [0.717, 1.165) is 23.3 Å². The predicted octanol–water partition coefficient (Wildman–Crippen LogP) is 8.67. The molecule has 8 nitrogen and oxygen atoms in total. The van der Waals surface area contributed by atoms with Crippen molar-refractivity contribution in [1.29, 1.82) is 0 Å². The molecule has 5 rings (SSSR count). The molecule has 5 aromatic rings. The van der Waals surface area contributed by atoms with Crippen molar-refractivity contribution in [1.82, 2.24) is 4.90 Å². The van der Waals surface area contributed by atoms with Gasteiger partial charge in [-0.25, -0.2) is 4.79 Å². The average molecular weight is 715 g/mol. The first kappa shape index (κ1) is 36.5. The molecule has 262 valence electrons. The number of thiophene rings is 1. The number of nitrogens with one attached hydrogen (secondary N) is 1. The predicted molar refractivity (Wildman–Crippen MR) is 188 cm³/mol. The number of halogens is 3. The standard InChI is InChI=1S/C39H33F3N2O6S/c1-44(2)37(47)33-22-25(6-5-9-35(45)50-30-17-13-28(14-18-30)38(48)49-23-26-20-21-51-24-26)10-19-34(33)43-36(46)32-8-4-3-7-31(32)27-11-15-29(16-12-27)39(40,41)42/h3-4,7-8,10-22,24H,5-6,9,23H2,1-2H3,(H,43,46). The molecule has 0 unspecified atom stereocenters. The first-order valence-electron chi connectivity index (χ1n) is 15.8. The van der Waals surface area contributed by atoms with Crippen molar-refractivity contribution < 1.29 is 41.8 Å². The first-order chi connectivity index (χ1) is 24.4. The van der Waals surface area contributed by atoms with Crippen molar-refractivity contribution in [3.63, 3.8) is 0 Å². The van der Waals surface area contributed by atoms with Crippen LogP contribution in [0.2, 0.25) is 0 Å². The van der Waals surface area contributed by atoms with E-state index in [9.17, 15) is 32.3 Å². The Morgan fingerprint density at radius 2 is 1.55 bits per heavy atom. The van der Waals surface area contributed by atoms with E-state index in [1.165, 1.54) is 52.6 Å². The van der Waals surface area contributed by atoms with Crippen molar-refractivity contribution in [2.75, 3.05) is 19.4 Å². The van der Waals surface area contributed by atoms with Gasteiger partial charge in [0.2, 0.25) is 0 Å². The lowest BCUT2D eigenvalue weighted by Gasteiger charge is -2.17. The topological polar surface area (TPSA) is 102 Å². The number of carbonyl (C=O) groups is 4. The molecule has 0 spiro atoms. The SMILES string of the molecule is CN(C)C(=O)c1cc(CCCC(=O)Oc2ccc(C(=O)OCc3ccsc3)cc2)ccc1NC(=O)c1ccccc1-c1ccc(C(F)(F)F)cc1. The van der Waals surface area contributed by atoms with E-state index < -0.39 is 29.6 Å². The normalized spacial score (nSPS) is 11.1. The molecule has 1 aromatic heterocycles. The van der Waals surface area contributed by atoms with Gasteiger partial charge in [-0.3, -0.25) is 14.4 Å². The van der Waals surface area contributed by atoms with Crippen LogP contribution in [-0.4, -0.2) is 42.7 Å². The lowest BCUT2D eigenvalue weighted by molar-refractivity contribution is -0.137. The molecule has 0 atom stereocenters. The van der Waals surface area contributed by atoms with Crippen LogP contribution in [0.15, 0.2) is 108 Å². The van der Waals surface area contributed by atoms with Gasteiger partial charge in [0.15, 0.2) is 0 Å². The van der Waals surface area contributed by atoms with Gasteiger partial charge in [0.25, 0.3) is 11.8 Å². The number of anilines is 1. The second-order valence-electron chi connectivity index (χ2n) is 11.7. The monoisotopic (exact) mass is 714 g/mol. The Balaban J connectivity index is 1.20. The molecule has 0 aliphatic carbocycles. The molecule has 51 heavy (non-hydrogen) atoms. The number of ether oxygens (including phenoxy) is 2. The first-order valence-corrected chi connectivity index (χ1v) is 16.7. The highest BCUT2D eigenvalue weighted by Gasteiger charge is 2.30. The molecule has 0 aliphatic rings. The molecular formula is C39H33F3N2O6S. The minimum Gasteiger partial charge on any atom is -0.457 e. The largest absolute Gasteiger partial charge is 0.457 e. The third-order valence-corrected chi connectivity index (χ3v) is 8.51. The van der Waals surface area contributed by atoms with Gasteiger partial charge in [0.1, 0.15) is 12.4 Å². The smallest absolute Gasteiger partial charge is 0.416 e. The van der Waals surface area contributed by atoms with Gasteiger partial charge in [-0.2, -0.15) is 24.5 Å². The number of amides is 2. The van der Waals surface area contributed by atoms with Gasteiger partial charge in [0.05, 0.1) is 22.4 Å². The number of aryl methyl sites for hydroxylation is 1. The highest BCUT2D eigenvalue weighted by molar-refractivity contribution is 7.07. The van der Waals surface area contributed by atoms with E-state index in [1.54, 1.807) is 56.6 Å². The van der Waals surface area contributed by atoms with Gasteiger partial charge in [0, 0.05) is 31.6 Å². The van der Waals surface area contributed by atoms with Crippen LogP contribution in [0.5, 0.6) is 5.75 Å². The Morgan fingerprint density at radius 1 is 0.824 bits per heavy atom. The third-order valence-electron chi connectivity index (χ3n) is 7.78. The molecule has 0 fully saturated rings. The third kappa shape index (κ3) is 9.70. The van der Waals surface area contributed by atoms with E-state index in [2.05, 4.69) is 5.32 Å². The molecule has 0 bridgehead atoms. The molecule has 1 N–H and O–H groups in total. The summed E-state index contributed by atoms with van der Waals surface area (Å²) in [6, 6.07) is 24.0. The fourth-order valence-electron chi connectivity index (χ4n) is 5.12. The molecule has 0 aliphatic heterocycles. The van der Waals surface area contributed by atoms with Gasteiger partial charge in [-0.1, -0.05) is 36.4 Å². The maximum absolute atomic E-state index is 13.5. The number of benzene rings is 4. The summed E-state index contributed by atoms with van der Waals surface area (Å²) in [5, 5.41) is 6.59. The fraction of sp³-hybridized carbons (Fsp3) is 0.179. The van der Waals surface area contributed by atoms with Crippen LogP contribution in [0.4, 0.5) is 18.9 Å². The van der Waals surface area contributed by atoms with Crippen LogP contribution in [0.3, 0.4) is 0 Å². The summed E-state index contributed by atoms with van der Waals surface area (Å²) >= 11 is 1.51. The average Bonchev–Trinajstić information content (AvgIpc) is 3.65. The van der Waals surface area contributed by atoms with E-state index in [4.69, 9.17) is 9.47 Å². The minimum absolute atomic E-state index is 0.0839. The van der Waals surface area contributed by atoms with Gasteiger partial charge in [-0.15, -0.1) is 0 Å². The number of rotatable bonds is 12. The summed E-state index contributed by atoms with van der Waals surface area (Å²) in [4.78, 5) is 52.9. The molecule has 4 aromatic carbocycles. The van der Waals surface area contributed by atoms with Gasteiger partial charge in [-0.05, 0) is 101 Å². The van der Waals surface area contributed by atoms with Gasteiger partial charge >= 0.3 is 18.1 Å². The summed E-state index contributed by atoms with van der Waals surface area (Å²) in [7, 11) is 3.16. The number of hydrogen-bond acceptors (Lipinski definition) is 7. The minimum atomic E-state index is -4.49. The zero-order valence-corrected chi connectivity index (χ0v) is 28.5. The van der Waals surface area contributed by atoms with E-state index in [-0.39, 0.29) is 41.5 Å². The van der Waals surface area contributed by atoms with Crippen LogP contribution in [0, 0.1) is 0 Å². The van der Waals surface area contributed by atoms with Crippen LogP contribution < -0.4 is 10.1 Å². The van der Waals surface area contributed by atoms with Crippen molar-refractivity contribution in [3.05, 3.63) is 141 Å². The van der Waals surface area contributed by atoms with Crippen molar-refractivity contribution in [2.45, 2.75) is 32.0 Å². The maximum Gasteiger partial charge on any atom is 0.416 e. The van der Waals surface area contributed by atoms with Crippen molar-refractivity contribution in [3.8, 4) is 16.9 Å². The summed E-state index contributed by atoms with van der Waals surface area (Å²) < 4.78 is 50.0. The van der Waals surface area contributed by atoms with E-state index in [0.29, 0.717) is 29.5 Å². The molecule has 0 saturated carbocycles. The Hall–Kier alpha value is -5.75. The Bertz CT molecular complexity index is 2010. The van der Waals surface area contributed by atoms with Crippen LogP contribution in [-0.2, 0) is 28.7 Å². The second kappa shape index (κ2) is 16.3. The number of hydrogen-bond donors (Lipinski definition) is 1. The zero-order chi connectivity index (χ0) is 36.5. The molecule has 0 radical (unpaired) electrons. The second-order valence-corrected chi connectivity index (χ2v) is 12.5. The fourth-order valence-corrected chi connectivity index (χ4v) is 5.77. The number of alkyl halides is 3. The summed E-state index contributed by atoms with van der Waals surface area (Å²) in [6.07, 6.45) is -3.56. The molecule has 1 heterocycles. The van der Waals surface area contributed by atoms with Crippen LogP contribution in [0.1, 0.15) is 60.6 Å². The molecule has 12 heteroatoms. The van der Waals surface area contributed by atoms with Crippen LogP contribution >= 0.6 is 11.3 Å². The zero-order valence-electron chi connectivity index (χ0n) is 27.7. The lowest BCUT2D eigenvalue weighted by atomic mass is 9.97. The lowest BCUT2D eigenvalue weighted by Crippen LogP contribution is -2.24. The Morgan fingerprint density at radius 3 is 2.22 bits per heavy atom. The summed E-state index contributed by atoms with van der Waals surface area (Å²) in [5.74, 6) is -1.57. The molecular weight excluding hydrogens is 681 g/mol. The molecule has 0 saturated heterocycles. The highest BCUT2D eigenvalue weighted by atomic mass is 32.1. The quantitative estimate of drug-likeness (QED) is 0.103. The van der Waals surface area contributed by atoms with E-state index in [1.807, 2.05) is 16.8 Å².